The molecule has 0 spiro atoms. The summed E-state index contributed by atoms with van der Waals surface area (Å²) in [6, 6.07) is 5.27. The molecule has 4 nitrogen and oxygen atoms in total. The number of nitrogens with one attached hydrogen (secondary N) is 1. The molecule has 0 heterocycles. The molecule has 1 atom stereocenters. The van der Waals surface area contributed by atoms with Gasteiger partial charge in [-0.3, -0.25) is 4.79 Å². The second-order valence-corrected chi connectivity index (χ2v) is 4.35. The van der Waals surface area contributed by atoms with Crippen LogP contribution < -0.4 is 5.32 Å². The largest absolute Gasteiger partial charge is 0.479 e. The molecule has 1 aromatic rings. The number of rotatable bonds is 3. The van der Waals surface area contributed by atoms with E-state index in [0.29, 0.717) is 17.9 Å². The highest BCUT2D eigenvalue weighted by Crippen LogP contribution is 2.32. The van der Waals surface area contributed by atoms with E-state index in [4.69, 9.17) is 11.6 Å². The summed E-state index contributed by atoms with van der Waals surface area (Å²) in [4.78, 5) is 21.7. The van der Waals surface area contributed by atoms with E-state index in [1.54, 1.807) is 18.2 Å². The van der Waals surface area contributed by atoms with Gasteiger partial charge in [0, 0.05) is 17.9 Å². The number of carbonyl (C=O) groups excluding carboxylic acids is 1. The monoisotopic (exact) mass is 239 g/mol. The van der Waals surface area contributed by atoms with E-state index in [9.17, 15) is 14.7 Å². The van der Waals surface area contributed by atoms with E-state index in [0.717, 1.165) is 11.1 Å². The third-order valence-electron chi connectivity index (χ3n) is 2.90. The smallest absolute Gasteiger partial charge is 0.330 e. The van der Waals surface area contributed by atoms with Crippen LogP contribution in [0.4, 0.5) is 0 Å². The Morgan fingerprint density at radius 2 is 2.12 bits per heavy atom. The third-order valence-corrected chi connectivity index (χ3v) is 3.13. The number of carbonyl (C=O) groups is 2. The molecule has 84 valence electrons. The van der Waals surface area contributed by atoms with E-state index in [1.165, 1.54) is 0 Å². The number of carboxylic acids is 1. The molecule has 0 saturated carbocycles. The summed E-state index contributed by atoms with van der Waals surface area (Å²) in [6.45, 7) is 0. The molecule has 0 aliphatic heterocycles. The van der Waals surface area contributed by atoms with Gasteiger partial charge in [0.15, 0.2) is 0 Å². The van der Waals surface area contributed by atoms with E-state index in [2.05, 4.69) is 5.32 Å². The minimum Gasteiger partial charge on any atom is -0.479 e. The highest BCUT2D eigenvalue weighted by Gasteiger charge is 2.43. The van der Waals surface area contributed by atoms with E-state index in [1.807, 2.05) is 0 Å². The van der Waals surface area contributed by atoms with Crippen LogP contribution in [-0.4, -0.2) is 23.0 Å². The van der Waals surface area contributed by atoms with Gasteiger partial charge in [-0.2, -0.15) is 0 Å². The standard InChI is InChI=1S/C11H10ClNO3/c12-9-2-1-7-4-11(10(15)16,13-6-14)5-8(7)3-9/h1-3,6H,4-5H2,(H,13,14)(H,15,16). The third kappa shape index (κ3) is 1.65. The van der Waals surface area contributed by atoms with Crippen LogP contribution in [0.25, 0.3) is 0 Å². The van der Waals surface area contributed by atoms with Crippen LogP contribution in [0.2, 0.25) is 5.02 Å². The van der Waals surface area contributed by atoms with Crippen LogP contribution in [0.3, 0.4) is 0 Å². The quantitative estimate of drug-likeness (QED) is 0.774. The Labute approximate surface area is 97.2 Å². The lowest BCUT2D eigenvalue weighted by atomic mass is 9.96. The minimum absolute atomic E-state index is 0.275. The summed E-state index contributed by atoms with van der Waals surface area (Å²) in [5, 5.41) is 12.2. The molecule has 1 aromatic carbocycles. The van der Waals surface area contributed by atoms with Crippen molar-refractivity contribution >= 4 is 24.0 Å². The van der Waals surface area contributed by atoms with Crippen LogP contribution in [0.5, 0.6) is 0 Å². The lowest BCUT2D eigenvalue weighted by Crippen LogP contribution is -2.52. The lowest BCUT2D eigenvalue weighted by Gasteiger charge is -2.22. The van der Waals surface area contributed by atoms with Crippen molar-refractivity contribution in [3.05, 3.63) is 34.3 Å². The maximum Gasteiger partial charge on any atom is 0.330 e. The molecule has 0 fully saturated rings. The molecular formula is C11H10ClNO3. The molecule has 1 aliphatic carbocycles. The molecule has 16 heavy (non-hydrogen) atoms. The fraction of sp³-hybridized carbons (Fsp3) is 0.273. The Morgan fingerprint density at radius 1 is 1.44 bits per heavy atom. The number of fused-ring (bicyclic) bond motifs is 1. The average Bonchev–Trinajstić information content (AvgIpc) is 2.57. The molecule has 2 rings (SSSR count). The number of hydrogen-bond acceptors (Lipinski definition) is 2. The molecule has 5 heteroatoms. The minimum atomic E-state index is -1.21. The highest BCUT2D eigenvalue weighted by atomic mass is 35.5. The van der Waals surface area contributed by atoms with Gasteiger partial charge >= 0.3 is 5.97 Å². The van der Waals surface area contributed by atoms with Crippen molar-refractivity contribution in [3.8, 4) is 0 Å². The maximum absolute atomic E-state index is 11.2. The Kier molecular flexibility index (Phi) is 2.59. The van der Waals surface area contributed by atoms with Gasteiger partial charge in [-0.15, -0.1) is 0 Å². The average molecular weight is 240 g/mol. The number of carboxylic acid groups (broad SMARTS) is 1. The van der Waals surface area contributed by atoms with Crippen LogP contribution in [0, 0.1) is 0 Å². The molecular weight excluding hydrogens is 230 g/mol. The van der Waals surface area contributed by atoms with Crippen molar-refractivity contribution in [1.29, 1.82) is 0 Å². The predicted octanol–water partition coefficient (Wildman–Crippen LogP) is 1.01. The zero-order valence-electron chi connectivity index (χ0n) is 8.37. The summed E-state index contributed by atoms with van der Waals surface area (Å²) >= 11 is 5.84. The van der Waals surface area contributed by atoms with Crippen molar-refractivity contribution < 1.29 is 14.7 Å². The SMILES string of the molecule is O=CNC1(C(=O)O)Cc2ccc(Cl)cc2C1. The number of benzene rings is 1. The first kappa shape index (κ1) is 11.0. The first-order chi connectivity index (χ1) is 7.57. The first-order valence-electron chi connectivity index (χ1n) is 4.79. The van der Waals surface area contributed by atoms with E-state index in [-0.39, 0.29) is 6.42 Å². The van der Waals surface area contributed by atoms with Crippen LogP contribution in [0.1, 0.15) is 11.1 Å². The first-order valence-corrected chi connectivity index (χ1v) is 5.17. The van der Waals surface area contributed by atoms with Crippen LogP contribution in [-0.2, 0) is 22.4 Å². The van der Waals surface area contributed by atoms with Gasteiger partial charge < -0.3 is 10.4 Å². The van der Waals surface area contributed by atoms with Gasteiger partial charge in [-0.05, 0) is 23.3 Å². The van der Waals surface area contributed by atoms with Crippen molar-refractivity contribution in [2.75, 3.05) is 0 Å². The number of halogens is 1. The molecule has 1 unspecified atom stereocenters. The summed E-state index contributed by atoms with van der Waals surface area (Å²) in [7, 11) is 0. The maximum atomic E-state index is 11.2. The lowest BCUT2D eigenvalue weighted by molar-refractivity contribution is -0.145. The molecule has 0 bridgehead atoms. The van der Waals surface area contributed by atoms with E-state index < -0.39 is 11.5 Å². The Balaban J connectivity index is 2.38. The summed E-state index contributed by atoms with van der Waals surface area (Å²) in [5.74, 6) is -1.02. The number of aliphatic carboxylic acids is 1. The van der Waals surface area contributed by atoms with Crippen molar-refractivity contribution in [3.63, 3.8) is 0 Å². The molecule has 0 aromatic heterocycles. The fourth-order valence-corrected chi connectivity index (χ4v) is 2.27. The van der Waals surface area contributed by atoms with E-state index >= 15 is 0 Å². The molecule has 1 aliphatic rings. The van der Waals surface area contributed by atoms with Gasteiger partial charge in [-0.25, -0.2) is 4.79 Å². The normalized spacial score (nSPS) is 22.6. The number of hydrogen-bond donors (Lipinski definition) is 2. The summed E-state index contributed by atoms with van der Waals surface area (Å²) in [5.41, 5.74) is 0.583. The van der Waals surface area contributed by atoms with Gasteiger partial charge in [0.05, 0.1) is 0 Å². The highest BCUT2D eigenvalue weighted by molar-refractivity contribution is 6.30. The summed E-state index contributed by atoms with van der Waals surface area (Å²) in [6.07, 6.45) is 1.01. The summed E-state index contributed by atoms with van der Waals surface area (Å²) < 4.78 is 0. The van der Waals surface area contributed by atoms with Gasteiger partial charge in [0.2, 0.25) is 6.41 Å². The molecule has 0 saturated heterocycles. The van der Waals surface area contributed by atoms with Crippen molar-refractivity contribution in [2.24, 2.45) is 0 Å². The second-order valence-electron chi connectivity index (χ2n) is 3.92. The van der Waals surface area contributed by atoms with Crippen molar-refractivity contribution in [2.45, 2.75) is 18.4 Å². The van der Waals surface area contributed by atoms with Crippen molar-refractivity contribution in [1.82, 2.24) is 5.32 Å². The predicted molar refractivity (Wildman–Crippen MR) is 58.4 cm³/mol. The molecule has 0 radical (unpaired) electrons. The Morgan fingerprint density at radius 3 is 2.75 bits per heavy atom. The topological polar surface area (TPSA) is 66.4 Å². The van der Waals surface area contributed by atoms with Crippen LogP contribution in [0.15, 0.2) is 18.2 Å². The number of amides is 1. The van der Waals surface area contributed by atoms with Gasteiger partial charge in [-0.1, -0.05) is 17.7 Å². The van der Waals surface area contributed by atoms with Gasteiger partial charge in [0.25, 0.3) is 0 Å². The zero-order valence-corrected chi connectivity index (χ0v) is 9.12. The molecule has 2 N–H and O–H groups in total. The van der Waals surface area contributed by atoms with Crippen LogP contribution >= 0.6 is 11.6 Å². The molecule has 1 amide bonds. The Bertz CT molecular complexity index is 461. The fourth-order valence-electron chi connectivity index (χ4n) is 2.07. The van der Waals surface area contributed by atoms with Gasteiger partial charge in [0.1, 0.15) is 5.54 Å². The zero-order chi connectivity index (χ0) is 11.8. The Hall–Kier alpha value is -1.55. The second kappa shape index (κ2) is 3.79.